The SMILES string of the molecule is C1CCC([C@@H]2CCN2)CC1. The molecule has 58 valence electrons. The van der Waals surface area contributed by atoms with Crippen molar-refractivity contribution in [3.63, 3.8) is 0 Å². The maximum atomic E-state index is 3.52. The lowest BCUT2D eigenvalue weighted by Crippen LogP contribution is -2.48. The van der Waals surface area contributed by atoms with Crippen LogP contribution in [0.1, 0.15) is 38.5 Å². The van der Waals surface area contributed by atoms with Gasteiger partial charge in [0.2, 0.25) is 0 Å². The molecule has 0 radical (unpaired) electrons. The Morgan fingerprint density at radius 1 is 0.900 bits per heavy atom. The van der Waals surface area contributed by atoms with Gasteiger partial charge in [-0.3, -0.25) is 0 Å². The third kappa shape index (κ3) is 1.20. The summed E-state index contributed by atoms with van der Waals surface area (Å²) in [6.45, 7) is 1.28. The molecule has 2 rings (SSSR count). The lowest BCUT2D eigenvalue weighted by molar-refractivity contribution is 0.207. The van der Waals surface area contributed by atoms with E-state index in [1.54, 1.807) is 0 Å². The number of rotatable bonds is 1. The van der Waals surface area contributed by atoms with Gasteiger partial charge in [0.05, 0.1) is 0 Å². The Kier molecular flexibility index (Phi) is 1.94. The molecule has 2 fully saturated rings. The van der Waals surface area contributed by atoms with Gasteiger partial charge in [-0.2, -0.15) is 0 Å². The summed E-state index contributed by atoms with van der Waals surface area (Å²) in [7, 11) is 0. The van der Waals surface area contributed by atoms with Crippen LogP contribution in [0.15, 0.2) is 0 Å². The molecule has 1 saturated heterocycles. The largest absolute Gasteiger partial charge is 0.314 e. The van der Waals surface area contributed by atoms with E-state index in [0.29, 0.717) is 0 Å². The van der Waals surface area contributed by atoms with Crippen molar-refractivity contribution in [2.24, 2.45) is 5.92 Å². The van der Waals surface area contributed by atoms with E-state index in [0.717, 1.165) is 12.0 Å². The van der Waals surface area contributed by atoms with Crippen LogP contribution in [0.5, 0.6) is 0 Å². The fraction of sp³-hybridized carbons (Fsp3) is 1.00. The maximum Gasteiger partial charge on any atom is 0.0107 e. The highest BCUT2D eigenvalue weighted by molar-refractivity contribution is 4.85. The van der Waals surface area contributed by atoms with Gasteiger partial charge < -0.3 is 5.32 Å². The highest BCUT2D eigenvalue weighted by Gasteiger charge is 2.27. The first-order valence-corrected chi connectivity index (χ1v) is 4.70. The molecule has 1 atom stereocenters. The van der Waals surface area contributed by atoms with Gasteiger partial charge >= 0.3 is 0 Å². The second-order valence-corrected chi connectivity index (χ2v) is 3.75. The standard InChI is InChI=1S/C9H17N/c1-2-4-8(5-3-1)9-6-7-10-9/h8-10H,1-7H2/t9-/m0/s1. The second-order valence-electron chi connectivity index (χ2n) is 3.75. The average Bonchev–Trinajstić information content (AvgIpc) is 1.86. The van der Waals surface area contributed by atoms with Crippen LogP contribution in [-0.2, 0) is 0 Å². The maximum absolute atomic E-state index is 3.52. The lowest BCUT2D eigenvalue weighted by Gasteiger charge is -2.37. The second kappa shape index (κ2) is 2.91. The van der Waals surface area contributed by atoms with Crippen LogP contribution in [0.3, 0.4) is 0 Å². The first kappa shape index (κ1) is 6.66. The van der Waals surface area contributed by atoms with Gasteiger partial charge in [0.15, 0.2) is 0 Å². The molecule has 0 amide bonds. The Bertz CT molecular complexity index is 101. The van der Waals surface area contributed by atoms with Gasteiger partial charge in [0.1, 0.15) is 0 Å². The van der Waals surface area contributed by atoms with Crippen molar-refractivity contribution in [1.29, 1.82) is 0 Å². The van der Waals surface area contributed by atoms with Crippen LogP contribution < -0.4 is 5.32 Å². The van der Waals surface area contributed by atoms with Crippen molar-refractivity contribution >= 4 is 0 Å². The van der Waals surface area contributed by atoms with Gasteiger partial charge in [-0.25, -0.2) is 0 Å². The van der Waals surface area contributed by atoms with Crippen LogP contribution >= 0.6 is 0 Å². The normalized spacial score (nSPS) is 35.4. The monoisotopic (exact) mass is 139 g/mol. The quantitative estimate of drug-likeness (QED) is 0.585. The van der Waals surface area contributed by atoms with Crippen molar-refractivity contribution in [2.45, 2.75) is 44.6 Å². The van der Waals surface area contributed by atoms with Gasteiger partial charge in [-0.05, 0) is 31.7 Å². The third-order valence-corrected chi connectivity index (χ3v) is 3.08. The summed E-state index contributed by atoms with van der Waals surface area (Å²) in [5.74, 6) is 1.04. The van der Waals surface area contributed by atoms with Crippen molar-refractivity contribution in [2.75, 3.05) is 6.54 Å². The molecule has 0 spiro atoms. The Hall–Kier alpha value is -0.0400. The first-order chi connectivity index (χ1) is 4.97. The Balaban J connectivity index is 1.78. The Morgan fingerprint density at radius 2 is 1.60 bits per heavy atom. The topological polar surface area (TPSA) is 12.0 Å². The molecule has 1 N–H and O–H groups in total. The van der Waals surface area contributed by atoms with E-state index in [1.165, 1.54) is 45.1 Å². The predicted octanol–water partition coefficient (Wildman–Crippen LogP) is 1.93. The van der Waals surface area contributed by atoms with E-state index in [1.807, 2.05) is 0 Å². The van der Waals surface area contributed by atoms with Crippen molar-refractivity contribution in [1.82, 2.24) is 5.32 Å². The summed E-state index contributed by atoms with van der Waals surface area (Å²) < 4.78 is 0. The summed E-state index contributed by atoms with van der Waals surface area (Å²) in [6, 6.07) is 0.917. The number of nitrogens with one attached hydrogen (secondary N) is 1. The van der Waals surface area contributed by atoms with E-state index < -0.39 is 0 Å². The summed E-state index contributed by atoms with van der Waals surface area (Å²) in [5, 5.41) is 3.52. The minimum absolute atomic E-state index is 0.917. The van der Waals surface area contributed by atoms with Gasteiger partial charge in [0, 0.05) is 6.04 Å². The molecule has 1 heterocycles. The number of hydrogen-bond donors (Lipinski definition) is 1. The zero-order valence-electron chi connectivity index (χ0n) is 6.60. The number of hydrogen-bond acceptors (Lipinski definition) is 1. The van der Waals surface area contributed by atoms with E-state index in [-0.39, 0.29) is 0 Å². The summed E-state index contributed by atoms with van der Waals surface area (Å²) in [6.07, 6.45) is 8.91. The van der Waals surface area contributed by atoms with Crippen LogP contribution in [0.4, 0.5) is 0 Å². The molecule has 0 aromatic carbocycles. The summed E-state index contributed by atoms with van der Waals surface area (Å²) in [4.78, 5) is 0. The molecule has 1 saturated carbocycles. The van der Waals surface area contributed by atoms with Crippen molar-refractivity contribution < 1.29 is 0 Å². The fourth-order valence-electron chi connectivity index (χ4n) is 2.25. The summed E-state index contributed by atoms with van der Waals surface area (Å²) in [5.41, 5.74) is 0. The average molecular weight is 139 g/mol. The molecule has 1 nitrogen and oxygen atoms in total. The highest BCUT2D eigenvalue weighted by atomic mass is 15.0. The zero-order valence-corrected chi connectivity index (χ0v) is 6.60. The first-order valence-electron chi connectivity index (χ1n) is 4.70. The Morgan fingerprint density at radius 3 is 2.10 bits per heavy atom. The lowest BCUT2D eigenvalue weighted by atomic mass is 9.80. The predicted molar refractivity (Wildman–Crippen MR) is 43.0 cm³/mol. The summed E-state index contributed by atoms with van der Waals surface area (Å²) >= 11 is 0. The molecule has 2 aliphatic rings. The smallest absolute Gasteiger partial charge is 0.0107 e. The van der Waals surface area contributed by atoms with Gasteiger partial charge in [-0.15, -0.1) is 0 Å². The van der Waals surface area contributed by atoms with E-state index >= 15 is 0 Å². The van der Waals surface area contributed by atoms with Crippen molar-refractivity contribution in [3.05, 3.63) is 0 Å². The van der Waals surface area contributed by atoms with E-state index in [4.69, 9.17) is 0 Å². The third-order valence-electron chi connectivity index (χ3n) is 3.08. The highest BCUT2D eigenvalue weighted by Crippen LogP contribution is 2.29. The van der Waals surface area contributed by atoms with Crippen molar-refractivity contribution in [3.8, 4) is 0 Å². The molecule has 0 aromatic heterocycles. The van der Waals surface area contributed by atoms with Crippen LogP contribution in [0, 0.1) is 5.92 Å². The van der Waals surface area contributed by atoms with Gasteiger partial charge in [-0.1, -0.05) is 19.3 Å². The molecule has 0 bridgehead atoms. The minimum Gasteiger partial charge on any atom is -0.314 e. The van der Waals surface area contributed by atoms with E-state index in [2.05, 4.69) is 5.32 Å². The molecule has 0 unspecified atom stereocenters. The van der Waals surface area contributed by atoms with Crippen LogP contribution in [0.25, 0.3) is 0 Å². The van der Waals surface area contributed by atoms with E-state index in [9.17, 15) is 0 Å². The molecule has 1 heteroatoms. The molecule has 10 heavy (non-hydrogen) atoms. The van der Waals surface area contributed by atoms with Crippen LogP contribution in [-0.4, -0.2) is 12.6 Å². The molecule has 1 aliphatic heterocycles. The zero-order chi connectivity index (χ0) is 6.81. The van der Waals surface area contributed by atoms with Gasteiger partial charge in [0.25, 0.3) is 0 Å². The minimum atomic E-state index is 0.917. The van der Waals surface area contributed by atoms with Crippen LogP contribution in [0.2, 0.25) is 0 Å². The Labute approximate surface area is 63.2 Å². The molecule has 0 aromatic rings. The molecular formula is C9H17N. The molecular weight excluding hydrogens is 122 g/mol. The molecule has 1 aliphatic carbocycles. The fourth-order valence-corrected chi connectivity index (χ4v) is 2.25.